The van der Waals surface area contributed by atoms with E-state index in [0.29, 0.717) is 5.76 Å². The van der Waals surface area contributed by atoms with Crippen molar-refractivity contribution in [1.29, 1.82) is 0 Å². The molecular weight excluding hydrogens is 256 g/mol. The zero-order chi connectivity index (χ0) is 10.8. The summed E-state index contributed by atoms with van der Waals surface area (Å²) in [6.45, 7) is 1.97. The molecular formula is C12H11BrO2. The molecule has 1 heterocycles. The maximum atomic E-state index is 8.90. The number of benzene rings is 1. The number of halogens is 1. The van der Waals surface area contributed by atoms with Crippen LogP contribution in [-0.4, -0.2) is 5.11 Å². The van der Waals surface area contributed by atoms with Gasteiger partial charge in [-0.3, -0.25) is 0 Å². The number of rotatable bonds is 2. The van der Waals surface area contributed by atoms with E-state index >= 15 is 0 Å². The third kappa shape index (κ3) is 2.30. The summed E-state index contributed by atoms with van der Waals surface area (Å²) in [5.41, 5.74) is 2.18. The van der Waals surface area contributed by atoms with Crippen molar-refractivity contribution in [3.63, 3.8) is 0 Å². The molecule has 0 amide bonds. The van der Waals surface area contributed by atoms with Gasteiger partial charge in [0.05, 0.1) is 0 Å². The van der Waals surface area contributed by atoms with E-state index in [2.05, 4.69) is 15.9 Å². The SMILES string of the molecule is Cc1cc(Br)cc(-c2ccc(CO)o2)c1. The second-order valence-electron chi connectivity index (χ2n) is 3.44. The fraction of sp³-hybridized carbons (Fsp3) is 0.167. The Balaban J connectivity index is 2.44. The Labute approximate surface area is 96.7 Å². The van der Waals surface area contributed by atoms with Gasteiger partial charge in [-0.2, -0.15) is 0 Å². The Morgan fingerprint density at radius 3 is 2.67 bits per heavy atom. The van der Waals surface area contributed by atoms with Crippen LogP contribution in [0.1, 0.15) is 11.3 Å². The molecule has 0 saturated heterocycles. The molecule has 0 atom stereocenters. The van der Waals surface area contributed by atoms with E-state index in [9.17, 15) is 0 Å². The summed E-state index contributed by atoms with van der Waals surface area (Å²) in [6.07, 6.45) is 0. The minimum Gasteiger partial charge on any atom is -0.459 e. The summed E-state index contributed by atoms with van der Waals surface area (Å²) in [5.74, 6) is 1.37. The molecule has 0 spiro atoms. The molecule has 15 heavy (non-hydrogen) atoms. The van der Waals surface area contributed by atoms with Crippen LogP contribution in [-0.2, 0) is 6.61 Å². The highest BCUT2D eigenvalue weighted by Crippen LogP contribution is 2.26. The molecule has 1 aromatic heterocycles. The van der Waals surface area contributed by atoms with E-state index in [-0.39, 0.29) is 6.61 Å². The lowest BCUT2D eigenvalue weighted by molar-refractivity contribution is 0.248. The Morgan fingerprint density at radius 2 is 2.07 bits per heavy atom. The first-order chi connectivity index (χ1) is 7.19. The predicted octanol–water partition coefficient (Wildman–Crippen LogP) is 3.51. The maximum absolute atomic E-state index is 8.90. The summed E-state index contributed by atoms with van der Waals surface area (Å²) in [5, 5.41) is 8.90. The first-order valence-corrected chi connectivity index (χ1v) is 5.45. The Hall–Kier alpha value is -1.06. The van der Waals surface area contributed by atoms with Crippen molar-refractivity contribution in [2.45, 2.75) is 13.5 Å². The molecule has 2 nitrogen and oxygen atoms in total. The molecule has 0 aliphatic rings. The largest absolute Gasteiger partial charge is 0.459 e. The minimum absolute atomic E-state index is 0.0625. The number of aliphatic hydroxyl groups excluding tert-OH is 1. The van der Waals surface area contributed by atoms with Crippen LogP contribution in [0.2, 0.25) is 0 Å². The van der Waals surface area contributed by atoms with Gasteiger partial charge in [-0.1, -0.05) is 15.9 Å². The second-order valence-corrected chi connectivity index (χ2v) is 4.36. The third-order valence-electron chi connectivity index (χ3n) is 2.14. The molecule has 1 N–H and O–H groups in total. The van der Waals surface area contributed by atoms with E-state index in [1.165, 1.54) is 5.56 Å². The third-order valence-corrected chi connectivity index (χ3v) is 2.60. The van der Waals surface area contributed by atoms with Crippen molar-refractivity contribution in [3.8, 4) is 11.3 Å². The lowest BCUT2D eigenvalue weighted by Crippen LogP contribution is -1.78. The van der Waals surface area contributed by atoms with Gasteiger partial charge in [-0.15, -0.1) is 0 Å². The molecule has 2 rings (SSSR count). The predicted molar refractivity (Wildman–Crippen MR) is 62.5 cm³/mol. The highest BCUT2D eigenvalue weighted by molar-refractivity contribution is 9.10. The molecule has 0 saturated carbocycles. The molecule has 1 aromatic carbocycles. The van der Waals surface area contributed by atoms with E-state index in [1.807, 2.05) is 31.2 Å². The number of aryl methyl sites for hydroxylation is 1. The molecule has 0 radical (unpaired) electrons. The minimum atomic E-state index is -0.0625. The fourth-order valence-corrected chi connectivity index (χ4v) is 2.10. The zero-order valence-corrected chi connectivity index (χ0v) is 9.91. The second kappa shape index (κ2) is 4.21. The Bertz CT molecular complexity index is 454. The highest BCUT2D eigenvalue weighted by Gasteiger charge is 2.05. The molecule has 0 unspecified atom stereocenters. The summed E-state index contributed by atoms with van der Waals surface area (Å²) >= 11 is 3.44. The van der Waals surface area contributed by atoms with Crippen molar-refractivity contribution in [1.82, 2.24) is 0 Å². The standard InChI is InChI=1S/C12H11BrO2/c1-8-4-9(6-10(13)5-8)12-3-2-11(7-14)15-12/h2-6,14H,7H2,1H3. The molecule has 3 heteroatoms. The highest BCUT2D eigenvalue weighted by atomic mass is 79.9. The average Bonchev–Trinajstić information content (AvgIpc) is 2.64. The van der Waals surface area contributed by atoms with E-state index < -0.39 is 0 Å². The van der Waals surface area contributed by atoms with Crippen LogP contribution < -0.4 is 0 Å². The smallest absolute Gasteiger partial charge is 0.134 e. The van der Waals surface area contributed by atoms with Crippen LogP contribution in [0.15, 0.2) is 39.2 Å². The van der Waals surface area contributed by atoms with Gasteiger partial charge >= 0.3 is 0 Å². The number of hydrogen-bond donors (Lipinski definition) is 1. The van der Waals surface area contributed by atoms with Crippen LogP contribution in [0.5, 0.6) is 0 Å². The van der Waals surface area contributed by atoms with Crippen molar-refractivity contribution in [2.24, 2.45) is 0 Å². The quantitative estimate of drug-likeness (QED) is 0.903. The lowest BCUT2D eigenvalue weighted by Gasteiger charge is -2.00. The summed E-state index contributed by atoms with van der Waals surface area (Å²) < 4.78 is 6.49. The molecule has 78 valence electrons. The van der Waals surface area contributed by atoms with Crippen LogP contribution in [0, 0.1) is 6.92 Å². The number of furan rings is 1. The lowest BCUT2D eigenvalue weighted by atomic mass is 10.1. The van der Waals surface area contributed by atoms with Gasteiger partial charge in [-0.05, 0) is 42.8 Å². The first kappa shape index (κ1) is 10.5. The summed E-state index contributed by atoms with van der Waals surface area (Å²) in [6, 6.07) is 9.73. The summed E-state index contributed by atoms with van der Waals surface area (Å²) in [7, 11) is 0. The molecule has 0 aliphatic heterocycles. The molecule has 0 bridgehead atoms. The van der Waals surface area contributed by atoms with Crippen LogP contribution >= 0.6 is 15.9 Å². The van der Waals surface area contributed by atoms with Crippen molar-refractivity contribution < 1.29 is 9.52 Å². The van der Waals surface area contributed by atoms with Crippen molar-refractivity contribution >= 4 is 15.9 Å². The monoisotopic (exact) mass is 266 g/mol. The molecule has 2 aromatic rings. The van der Waals surface area contributed by atoms with Crippen LogP contribution in [0.3, 0.4) is 0 Å². The van der Waals surface area contributed by atoms with E-state index in [0.717, 1.165) is 15.8 Å². The first-order valence-electron chi connectivity index (χ1n) is 4.66. The number of aliphatic hydroxyl groups is 1. The maximum Gasteiger partial charge on any atom is 0.134 e. The van der Waals surface area contributed by atoms with E-state index in [1.54, 1.807) is 6.07 Å². The molecule has 0 fully saturated rings. The average molecular weight is 267 g/mol. The topological polar surface area (TPSA) is 33.4 Å². The normalized spacial score (nSPS) is 10.6. The number of hydrogen-bond acceptors (Lipinski definition) is 2. The van der Waals surface area contributed by atoms with E-state index in [4.69, 9.17) is 9.52 Å². The van der Waals surface area contributed by atoms with Crippen LogP contribution in [0.4, 0.5) is 0 Å². The van der Waals surface area contributed by atoms with Gasteiger partial charge in [0.15, 0.2) is 0 Å². The van der Waals surface area contributed by atoms with Crippen LogP contribution in [0.25, 0.3) is 11.3 Å². The molecule has 0 aliphatic carbocycles. The zero-order valence-electron chi connectivity index (χ0n) is 8.33. The van der Waals surface area contributed by atoms with Gasteiger partial charge < -0.3 is 9.52 Å². The van der Waals surface area contributed by atoms with Gasteiger partial charge in [0.2, 0.25) is 0 Å². The fourth-order valence-electron chi connectivity index (χ4n) is 1.50. The van der Waals surface area contributed by atoms with Gasteiger partial charge in [-0.25, -0.2) is 0 Å². The van der Waals surface area contributed by atoms with Gasteiger partial charge in [0.25, 0.3) is 0 Å². The van der Waals surface area contributed by atoms with Crippen molar-refractivity contribution in [3.05, 3.63) is 46.1 Å². The Morgan fingerprint density at radius 1 is 1.27 bits per heavy atom. The summed E-state index contributed by atoms with van der Waals surface area (Å²) in [4.78, 5) is 0. The van der Waals surface area contributed by atoms with Gasteiger partial charge in [0, 0.05) is 10.0 Å². The van der Waals surface area contributed by atoms with Crippen molar-refractivity contribution in [2.75, 3.05) is 0 Å². The van der Waals surface area contributed by atoms with Gasteiger partial charge in [0.1, 0.15) is 18.1 Å². The Kier molecular flexibility index (Phi) is 2.93.